The number of nitrogens with one attached hydrogen (secondary N) is 1. The number of aryl methyl sites for hydroxylation is 1. The molecule has 0 spiro atoms. The van der Waals surface area contributed by atoms with Gasteiger partial charge in [0.15, 0.2) is 6.10 Å². The highest BCUT2D eigenvalue weighted by Crippen LogP contribution is 2.38. The molecular weight excluding hydrogens is 412 g/mol. The lowest BCUT2D eigenvalue weighted by Gasteiger charge is -2.35. The first-order chi connectivity index (χ1) is 14.4. The standard InChI is InChI=1S/C24H32N2O4S/c1-7-17-8-10-18(11-9-17)16(2)25-23(27)22-15-26(31(6,28)29)20-14-19(24(3,4)5)12-13-21(20)30-22/h8-14,16,22H,7,15H2,1-6H3,(H,25,27)/t16-,22-/m1/s1. The average molecular weight is 445 g/mol. The van der Waals surface area contributed by atoms with Crippen LogP contribution in [-0.2, 0) is 26.7 Å². The Kier molecular flexibility index (Phi) is 6.37. The Labute approximate surface area is 185 Å². The zero-order valence-corrected chi connectivity index (χ0v) is 19.9. The maximum Gasteiger partial charge on any atom is 0.263 e. The van der Waals surface area contributed by atoms with Crippen molar-refractivity contribution < 1.29 is 17.9 Å². The Balaban J connectivity index is 1.84. The number of ether oxygens (including phenoxy) is 1. The molecule has 2 aromatic carbocycles. The molecule has 168 valence electrons. The van der Waals surface area contributed by atoms with E-state index in [1.165, 1.54) is 9.87 Å². The first-order valence-corrected chi connectivity index (χ1v) is 12.4. The van der Waals surface area contributed by atoms with Crippen molar-refractivity contribution in [1.82, 2.24) is 5.32 Å². The number of amides is 1. The summed E-state index contributed by atoms with van der Waals surface area (Å²) in [5, 5.41) is 2.96. The molecule has 7 heteroatoms. The normalized spacial score (nSPS) is 17.5. The Morgan fingerprint density at radius 1 is 1.19 bits per heavy atom. The molecule has 3 rings (SSSR count). The monoisotopic (exact) mass is 444 g/mol. The number of hydrogen-bond donors (Lipinski definition) is 1. The van der Waals surface area contributed by atoms with Crippen molar-refractivity contribution in [3.8, 4) is 5.75 Å². The summed E-state index contributed by atoms with van der Waals surface area (Å²) in [6, 6.07) is 13.4. The highest BCUT2D eigenvalue weighted by atomic mass is 32.2. The molecular formula is C24H32N2O4S. The quantitative estimate of drug-likeness (QED) is 0.758. The fourth-order valence-electron chi connectivity index (χ4n) is 3.60. The van der Waals surface area contributed by atoms with Gasteiger partial charge in [0.05, 0.1) is 24.5 Å². The molecule has 1 aliphatic heterocycles. The van der Waals surface area contributed by atoms with E-state index >= 15 is 0 Å². The highest BCUT2D eigenvalue weighted by Gasteiger charge is 2.36. The van der Waals surface area contributed by atoms with Crippen LogP contribution in [0.25, 0.3) is 0 Å². The second-order valence-electron chi connectivity index (χ2n) is 9.16. The SMILES string of the molecule is CCc1ccc([C@@H](C)NC(=O)[C@H]2CN(S(C)(=O)=O)c3cc(C(C)(C)C)ccc3O2)cc1. The summed E-state index contributed by atoms with van der Waals surface area (Å²) in [7, 11) is -3.58. The number of benzene rings is 2. The lowest BCUT2D eigenvalue weighted by atomic mass is 9.86. The van der Waals surface area contributed by atoms with E-state index < -0.39 is 16.1 Å². The van der Waals surface area contributed by atoms with Crippen LogP contribution in [0.1, 0.15) is 57.4 Å². The van der Waals surface area contributed by atoms with Gasteiger partial charge >= 0.3 is 0 Å². The van der Waals surface area contributed by atoms with E-state index in [0.717, 1.165) is 23.8 Å². The molecule has 6 nitrogen and oxygen atoms in total. The summed E-state index contributed by atoms with van der Waals surface area (Å²) in [5.74, 6) is 0.0519. The van der Waals surface area contributed by atoms with Gasteiger partial charge < -0.3 is 10.1 Å². The minimum absolute atomic E-state index is 0.0627. The van der Waals surface area contributed by atoms with Crippen LogP contribution in [0.15, 0.2) is 42.5 Å². The lowest BCUT2D eigenvalue weighted by Crippen LogP contribution is -2.50. The van der Waals surface area contributed by atoms with E-state index in [1.807, 2.05) is 43.3 Å². The van der Waals surface area contributed by atoms with Gasteiger partial charge in [0.2, 0.25) is 10.0 Å². The van der Waals surface area contributed by atoms with E-state index in [-0.39, 0.29) is 23.9 Å². The van der Waals surface area contributed by atoms with Gasteiger partial charge in [0.25, 0.3) is 5.91 Å². The summed E-state index contributed by atoms with van der Waals surface area (Å²) in [6.07, 6.45) is 1.17. The van der Waals surface area contributed by atoms with Crippen LogP contribution in [0.2, 0.25) is 0 Å². The van der Waals surface area contributed by atoms with Gasteiger partial charge in [0.1, 0.15) is 5.75 Å². The van der Waals surface area contributed by atoms with Gasteiger partial charge in [-0.3, -0.25) is 9.10 Å². The first-order valence-electron chi connectivity index (χ1n) is 10.6. The summed E-state index contributed by atoms with van der Waals surface area (Å²) in [4.78, 5) is 13.0. The second-order valence-corrected chi connectivity index (χ2v) is 11.1. The number of sulfonamides is 1. The third kappa shape index (κ3) is 5.21. The van der Waals surface area contributed by atoms with E-state index in [4.69, 9.17) is 4.74 Å². The molecule has 1 N–H and O–H groups in total. The minimum atomic E-state index is -3.58. The predicted octanol–water partition coefficient (Wildman–Crippen LogP) is 3.95. The van der Waals surface area contributed by atoms with Crippen LogP contribution in [0, 0.1) is 0 Å². The van der Waals surface area contributed by atoms with Gasteiger partial charge in [-0.05, 0) is 47.6 Å². The number of nitrogens with zero attached hydrogens (tertiary/aromatic N) is 1. The van der Waals surface area contributed by atoms with E-state index in [2.05, 4.69) is 33.0 Å². The van der Waals surface area contributed by atoms with Crippen molar-refractivity contribution in [2.75, 3.05) is 17.1 Å². The Bertz CT molecular complexity index is 1060. The molecule has 0 radical (unpaired) electrons. The van der Waals surface area contributed by atoms with Gasteiger partial charge in [-0.25, -0.2) is 8.42 Å². The second kappa shape index (κ2) is 8.54. The molecule has 1 amide bonds. The minimum Gasteiger partial charge on any atom is -0.476 e. The van der Waals surface area contributed by atoms with Crippen molar-refractivity contribution in [2.24, 2.45) is 0 Å². The number of fused-ring (bicyclic) bond motifs is 1. The first kappa shape index (κ1) is 23.1. The molecule has 1 aliphatic rings. The summed E-state index contributed by atoms with van der Waals surface area (Å²) < 4.78 is 32.3. The van der Waals surface area contributed by atoms with Gasteiger partial charge in [-0.1, -0.05) is 58.0 Å². The van der Waals surface area contributed by atoms with Crippen LogP contribution >= 0.6 is 0 Å². The van der Waals surface area contributed by atoms with Crippen molar-refractivity contribution in [2.45, 2.75) is 58.6 Å². The molecule has 31 heavy (non-hydrogen) atoms. The molecule has 0 aromatic heterocycles. The van der Waals surface area contributed by atoms with Gasteiger partial charge in [0, 0.05) is 0 Å². The van der Waals surface area contributed by atoms with Gasteiger partial charge in [-0.15, -0.1) is 0 Å². The van der Waals surface area contributed by atoms with E-state index in [1.54, 1.807) is 6.07 Å². The number of rotatable bonds is 5. The van der Waals surface area contributed by atoms with Crippen LogP contribution in [0.3, 0.4) is 0 Å². The third-order valence-corrected chi connectivity index (χ3v) is 6.78. The van der Waals surface area contributed by atoms with Crippen LogP contribution < -0.4 is 14.4 Å². The van der Waals surface area contributed by atoms with E-state index in [9.17, 15) is 13.2 Å². The lowest BCUT2D eigenvalue weighted by molar-refractivity contribution is -0.128. The average Bonchev–Trinajstić information content (AvgIpc) is 2.71. The Hall–Kier alpha value is -2.54. The largest absolute Gasteiger partial charge is 0.476 e. The third-order valence-electron chi connectivity index (χ3n) is 5.63. The molecule has 0 unspecified atom stereocenters. The number of carbonyl (C=O) groups excluding carboxylic acids is 1. The topological polar surface area (TPSA) is 75.7 Å². The van der Waals surface area contributed by atoms with Crippen molar-refractivity contribution in [1.29, 1.82) is 0 Å². The molecule has 0 saturated carbocycles. The summed E-state index contributed by atoms with van der Waals surface area (Å²) >= 11 is 0. The van der Waals surface area contributed by atoms with Crippen LogP contribution in [0.5, 0.6) is 5.75 Å². The molecule has 1 heterocycles. The molecule has 2 atom stereocenters. The van der Waals surface area contributed by atoms with Crippen LogP contribution in [0.4, 0.5) is 5.69 Å². The summed E-state index contributed by atoms with van der Waals surface area (Å²) in [5.41, 5.74) is 3.54. The molecule has 0 bridgehead atoms. The molecule has 0 aliphatic carbocycles. The highest BCUT2D eigenvalue weighted by molar-refractivity contribution is 7.92. The smallest absolute Gasteiger partial charge is 0.263 e. The van der Waals surface area contributed by atoms with Gasteiger partial charge in [-0.2, -0.15) is 0 Å². The van der Waals surface area contributed by atoms with Crippen molar-refractivity contribution >= 4 is 21.6 Å². The molecule has 0 saturated heterocycles. The van der Waals surface area contributed by atoms with Crippen molar-refractivity contribution in [3.63, 3.8) is 0 Å². The molecule has 2 aromatic rings. The Morgan fingerprint density at radius 3 is 2.39 bits per heavy atom. The van der Waals surface area contributed by atoms with E-state index in [0.29, 0.717) is 11.4 Å². The summed E-state index contributed by atoms with van der Waals surface area (Å²) in [6.45, 7) is 10.1. The zero-order valence-electron chi connectivity index (χ0n) is 19.1. The fourth-order valence-corrected chi connectivity index (χ4v) is 4.51. The number of anilines is 1. The van der Waals surface area contributed by atoms with Crippen molar-refractivity contribution in [3.05, 3.63) is 59.2 Å². The number of hydrogen-bond acceptors (Lipinski definition) is 4. The fraction of sp³-hybridized carbons (Fsp3) is 0.458. The number of carbonyl (C=O) groups is 1. The maximum atomic E-state index is 13.0. The predicted molar refractivity (Wildman–Crippen MR) is 124 cm³/mol. The zero-order chi connectivity index (χ0) is 23.0. The molecule has 0 fully saturated rings. The van der Waals surface area contributed by atoms with Crippen LogP contribution in [-0.4, -0.2) is 33.2 Å². The maximum absolute atomic E-state index is 13.0. The Morgan fingerprint density at radius 2 is 1.84 bits per heavy atom.